The zero-order valence-electron chi connectivity index (χ0n) is 27.0. The van der Waals surface area contributed by atoms with Gasteiger partial charge in [0.15, 0.2) is 11.6 Å². The molecule has 45 heavy (non-hydrogen) atoms. The van der Waals surface area contributed by atoms with Crippen LogP contribution in [0.25, 0.3) is 0 Å². The van der Waals surface area contributed by atoms with Crippen LogP contribution in [-0.4, -0.2) is 69.7 Å². The number of ether oxygens (including phenoxy) is 1. The Morgan fingerprint density at radius 3 is 2.20 bits per heavy atom. The van der Waals surface area contributed by atoms with Crippen molar-refractivity contribution >= 4 is 41.0 Å². The van der Waals surface area contributed by atoms with Crippen molar-refractivity contribution in [3.8, 4) is 0 Å². The second-order valence-corrected chi connectivity index (χ2v) is 13.2. The van der Waals surface area contributed by atoms with E-state index >= 15 is 0 Å². The maximum Gasteiger partial charge on any atom is 0.307 e. The molecule has 3 rings (SSSR count). The Morgan fingerprint density at radius 2 is 1.62 bits per heavy atom. The first-order valence-electron chi connectivity index (χ1n) is 16.1. The van der Waals surface area contributed by atoms with Crippen molar-refractivity contribution in [3.63, 3.8) is 0 Å². The highest BCUT2D eigenvalue weighted by Crippen LogP contribution is 2.42. The Labute approximate surface area is 265 Å². The fraction of sp³-hybridized carbons (Fsp3) is 0.629. The molecule has 10 heteroatoms. The van der Waals surface area contributed by atoms with E-state index in [-0.39, 0.29) is 56.0 Å². The number of hydrogen-bond acceptors (Lipinski definition) is 8. The molecule has 1 amide bonds. The largest absolute Gasteiger partial charge is 0.481 e. The lowest BCUT2D eigenvalue weighted by atomic mass is 9.82. The van der Waals surface area contributed by atoms with Crippen LogP contribution in [0.1, 0.15) is 85.1 Å². The van der Waals surface area contributed by atoms with Gasteiger partial charge in [0.1, 0.15) is 5.78 Å². The molecular formula is C35H47NO9. The molecule has 0 aromatic heterocycles. The van der Waals surface area contributed by atoms with E-state index in [1.54, 1.807) is 44.2 Å². The topological polar surface area (TPSA) is 152 Å². The molecule has 1 aliphatic carbocycles. The average Bonchev–Trinajstić information content (AvgIpc) is 3.53. The Hall–Kier alpha value is -3.69. The van der Waals surface area contributed by atoms with Crippen molar-refractivity contribution in [2.45, 2.75) is 98.1 Å². The molecule has 246 valence electrons. The standard InChI is InChI=1S/C35H47NO9/c1-6-10-23(33(41)30(39)17-24(35(43)44)15-22-11-8-7-9-12-22)16-29(38)32-25-13-14-28(37)27(25)19-36(32)34(42)26(20(2)3)18-31(40)45-21(4)5/h7-9,11-12,20-21,23-27,32H,6,10,13-19H2,1-5H3,(H,43,44)/t23?,24-,25+,26+,27+,32+/m1/s1. The van der Waals surface area contributed by atoms with Crippen molar-refractivity contribution in [3.05, 3.63) is 35.9 Å². The lowest BCUT2D eigenvalue weighted by molar-refractivity contribution is -0.154. The number of ketones is 4. The van der Waals surface area contributed by atoms with Gasteiger partial charge in [0.2, 0.25) is 11.7 Å². The van der Waals surface area contributed by atoms with Crippen molar-refractivity contribution < 1.29 is 43.4 Å². The highest BCUT2D eigenvalue weighted by Gasteiger charge is 2.54. The van der Waals surface area contributed by atoms with Crippen LogP contribution in [0.15, 0.2) is 30.3 Å². The SMILES string of the molecule is CCCC(CC(=O)[C@@H]1[C@H]2CCC(=O)[C@H]2CN1C(=O)[C@@H](CC(=O)OC(C)C)C(C)C)C(=O)C(=O)C[C@@H](Cc1ccccc1)C(=O)O. The predicted octanol–water partition coefficient (Wildman–Crippen LogP) is 4.25. The number of nitrogens with zero attached hydrogens (tertiary/aromatic N) is 1. The zero-order valence-corrected chi connectivity index (χ0v) is 27.0. The van der Waals surface area contributed by atoms with Gasteiger partial charge in [-0.05, 0) is 50.5 Å². The molecule has 1 aliphatic heterocycles. The quantitative estimate of drug-likeness (QED) is 0.198. The van der Waals surface area contributed by atoms with E-state index in [1.807, 2.05) is 20.8 Å². The number of carbonyl (C=O) groups is 7. The summed E-state index contributed by atoms with van der Waals surface area (Å²) in [5.41, 5.74) is 0.731. The van der Waals surface area contributed by atoms with E-state index in [2.05, 4.69) is 0 Å². The van der Waals surface area contributed by atoms with Crippen molar-refractivity contribution in [2.75, 3.05) is 6.54 Å². The maximum absolute atomic E-state index is 14.0. The summed E-state index contributed by atoms with van der Waals surface area (Å²) in [6.07, 6.45) is 0.317. The lowest BCUT2D eigenvalue weighted by Crippen LogP contribution is -2.48. The van der Waals surface area contributed by atoms with Crippen LogP contribution in [0.4, 0.5) is 0 Å². The number of carbonyl (C=O) groups excluding carboxylic acids is 6. The zero-order chi connectivity index (χ0) is 33.4. The van der Waals surface area contributed by atoms with Gasteiger partial charge in [0.25, 0.3) is 0 Å². The number of hydrogen-bond donors (Lipinski definition) is 1. The molecule has 2 aliphatic rings. The molecule has 1 N–H and O–H groups in total. The van der Waals surface area contributed by atoms with E-state index in [1.165, 1.54) is 4.90 Å². The number of amides is 1. The third-order valence-corrected chi connectivity index (χ3v) is 9.11. The second-order valence-electron chi connectivity index (χ2n) is 13.2. The summed E-state index contributed by atoms with van der Waals surface area (Å²) in [4.78, 5) is 93.1. The molecule has 1 saturated carbocycles. The summed E-state index contributed by atoms with van der Waals surface area (Å²) >= 11 is 0. The van der Waals surface area contributed by atoms with Gasteiger partial charge < -0.3 is 14.7 Å². The van der Waals surface area contributed by atoms with E-state index in [4.69, 9.17) is 4.74 Å². The van der Waals surface area contributed by atoms with E-state index in [0.717, 1.165) is 5.56 Å². The Bertz CT molecular complexity index is 1270. The molecule has 0 bridgehead atoms. The maximum atomic E-state index is 14.0. The van der Waals surface area contributed by atoms with Crippen LogP contribution in [-0.2, 0) is 44.7 Å². The third kappa shape index (κ3) is 9.17. The van der Waals surface area contributed by atoms with Gasteiger partial charge in [0.05, 0.1) is 30.4 Å². The fourth-order valence-electron chi connectivity index (χ4n) is 6.79. The average molecular weight is 626 g/mol. The smallest absolute Gasteiger partial charge is 0.307 e. The van der Waals surface area contributed by atoms with Gasteiger partial charge in [-0.15, -0.1) is 0 Å². The first-order valence-corrected chi connectivity index (χ1v) is 16.1. The molecule has 1 aromatic carbocycles. The van der Waals surface area contributed by atoms with E-state index < -0.39 is 71.3 Å². The minimum atomic E-state index is -1.18. The summed E-state index contributed by atoms with van der Waals surface area (Å²) < 4.78 is 5.28. The van der Waals surface area contributed by atoms with Gasteiger partial charge in [-0.25, -0.2) is 0 Å². The number of carboxylic acids is 1. The number of carboxylic acid groups (broad SMARTS) is 1. The van der Waals surface area contributed by atoms with Crippen molar-refractivity contribution in [1.29, 1.82) is 0 Å². The Morgan fingerprint density at radius 1 is 0.956 bits per heavy atom. The molecule has 2 fully saturated rings. The molecule has 0 spiro atoms. The molecule has 1 unspecified atom stereocenters. The van der Waals surface area contributed by atoms with Crippen LogP contribution in [0.2, 0.25) is 0 Å². The molecule has 6 atom stereocenters. The summed E-state index contributed by atoms with van der Waals surface area (Å²) in [6.45, 7) is 8.96. The second kappa shape index (κ2) is 16.0. The van der Waals surface area contributed by atoms with Gasteiger partial charge >= 0.3 is 11.9 Å². The molecular weight excluding hydrogens is 578 g/mol. The minimum Gasteiger partial charge on any atom is -0.481 e. The summed E-state index contributed by atoms with van der Waals surface area (Å²) in [5.74, 6) is -8.05. The number of esters is 1. The van der Waals surface area contributed by atoms with E-state index in [0.29, 0.717) is 19.3 Å². The molecule has 1 heterocycles. The third-order valence-electron chi connectivity index (χ3n) is 9.11. The normalized spacial score (nSPS) is 21.4. The van der Waals surface area contributed by atoms with Crippen LogP contribution in [0, 0.1) is 35.5 Å². The Balaban J connectivity index is 1.80. The monoisotopic (exact) mass is 625 g/mol. The van der Waals surface area contributed by atoms with Gasteiger partial charge in [-0.3, -0.25) is 33.6 Å². The summed E-state index contributed by atoms with van der Waals surface area (Å²) in [5, 5.41) is 9.76. The number of fused-ring (bicyclic) bond motifs is 1. The first kappa shape index (κ1) is 35.8. The summed E-state index contributed by atoms with van der Waals surface area (Å²) in [6, 6.07) is 7.91. The molecule has 1 saturated heterocycles. The predicted molar refractivity (Wildman–Crippen MR) is 165 cm³/mol. The van der Waals surface area contributed by atoms with Crippen LogP contribution in [0.5, 0.6) is 0 Å². The van der Waals surface area contributed by atoms with E-state index in [9.17, 15) is 38.7 Å². The fourth-order valence-corrected chi connectivity index (χ4v) is 6.79. The number of benzene rings is 1. The number of aliphatic carboxylic acids is 1. The first-order chi connectivity index (χ1) is 21.2. The van der Waals surface area contributed by atoms with Crippen molar-refractivity contribution in [2.24, 2.45) is 35.5 Å². The summed E-state index contributed by atoms with van der Waals surface area (Å²) in [7, 11) is 0. The lowest BCUT2D eigenvalue weighted by Gasteiger charge is -2.32. The van der Waals surface area contributed by atoms with Gasteiger partial charge in [-0.2, -0.15) is 0 Å². The number of rotatable bonds is 17. The molecule has 10 nitrogen and oxygen atoms in total. The highest BCUT2D eigenvalue weighted by atomic mass is 16.5. The minimum absolute atomic E-state index is 0.0112. The van der Waals surface area contributed by atoms with Crippen LogP contribution >= 0.6 is 0 Å². The Kier molecular flexibility index (Phi) is 12.8. The van der Waals surface area contributed by atoms with Crippen LogP contribution < -0.4 is 0 Å². The highest BCUT2D eigenvalue weighted by molar-refractivity contribution is 6.38. The number of Topliss-reactive ketones (excluding diaryl/α,β-unsaturated/α-hetero) is 4. The van der Waals surface area contributed by atoms with Gasteiger partial charge in [-0.1, -0.05) is 57.5 Å². The number of likely N-dealkylation sites (tertiary alicyclic amines) is 1. The molecule has 1 aromatic rings. The van der Waals surface area contributed by atoms with Gasteiger partial charge in [0, 0.05) is 37.6 Å². The molecule has 0 radical (unpaired) electrons. The van der Waals surface area contributed by atoms with Crippen molar-refractivity contribution in [1.82, 2.24) is 4.90 Å². The van der Waals surface area contributed by atoms with Crippen LogP contribution in [0.3, 0.4) is 0 Å².